The fourth-order valence-electron chi connectivity index (χ4n) is 2.39. The number of phenolic OH excluding ortho intramolecular Hbond substituents is 1. The van der Waals surface area contributed by atoms with Crippen molar-refractivity contribution >= 4 is 17.4 Å². The monoisotopic (exact) mass is 373 g/mol. The molecular weight excluding hydrogens is 356 g/mol. The van der Waals surface area contributed by atoms with Gasteiger partial charge in [-0.3, -0.25) is 0 Å². The number of rotatable bonds is 6. The highest BCUT2D eigenvalue weighted by atomic mass is 32.2. The summed E-state index contributed by atoms with van der Waals surface area (Å²) in [4.78, 5) is 2.09. The Kier molecular flexibility index (Phi) is 5.63. The van der Waals surface area contributed by atoms with Crippen LogP contribution < -0.4 is 10.1 Å². The van der Waals surface area contributed by atoms with Gasteiger partial charge in [-0.25, -0.2) is 8.78 Å². The maximum absolute atomic E-state index is 13.5. The van der Waals surface area contributed by atoms with E-state index in [9.17, 15) is 13.9 Å². The van der Waals surface area contributed by atoms with Crippen molar-refractivity contribution in [3.05, 3.63) is 77.9 Å². The van der Waals surface area contributed by atoms with Crippen molar-refractivity contribution in [1.29, 1.82) is 0 Å². The van der Waals surface area contributed by atoms with Crippen molar-refractivity contribution in [3.63, 3.8) is 0 Å². The van der Waals surface area contributed by atoms with E-state index in [1.165, 1.54) is 0 Å². The highest BCUT2D eigenvalue weighted by molar-refractivity contribution is 7.99. The van der Waals surface area contributed by atoms with Gasteiger partial charge in [0.05, 0.1) is 7.11 Å². The smallest absolute Gasteiger partial charge is 0.187 e. The first-order valence-corrected chi connectivity index (χ1v) is 8.70. The molecule has 0 atom stereocenters. The lowest BCUT2D eigenvalue weighted by Crippen LogP contribution is -2.02. The van der Waals surface area contributed by atoms with Gasteiger partial charge in [0.15, 0.2) is 17.4 Å². The average Bonchev–Trinajstić information content (AvgIpc) is 2.66. The molecule has 134 valence electrons. The molecule has 3 nitrogen and oxygen atoms in total. The van der Waals surface area contributed by atoms with Crippen molar-refractivity contribution in [1.82, 2.24) is 0 Å². The van der Waals surface area contributed by atoms with Crippen molar-refractivity contribution < 1.29 is 18.6 Å². The first kappa shape index (κ1) is 18.1. The third kappa shape index (κ3) is 4.26. The van der Waals surface area contributed by atoms with Crippen molar-refractivity contribution in [3.8, 4) is 11.5 Å². The Labute approximate surface area is 154 Å². The highest BCUT2D eigenvalue weighted by Gasteiger charge is 2.10. The molecule has 0 fully saturated rings. The Morgan fingerprint density at radius 3 is 2.31 bits per heavy atom. The molecule has 0 unspecified atom stereocenters. The lowest BCUT2D eigenvalue weighted by atomic mass is 10.2. The number of halogens is 2. The van der Waals surface area contributed by atoms with Gasteiger partial charge in [0, 0.05) is 34.2 Å². The van der Waals surface area contributed by atoms with Gasteiger partial charge in [0.1, 0.15) is 5.75 Å². The molecule has 6 heteroatoms. The zero-order valence-corrected chi connectivity index (χ0v) is 14.8. The largest absolute Gasteiger partial charge is 0.503 e. The lowest BCUT2D eigenvalue weighted by molar-refractivity contribution is 0.396. The summed E-state index contributed by atoms with van der Waals surface area (Å²) in [6.45, 7) is 0.392. The van der Waals surface area contributed by atoms with E-state index in [0.717, 1.165) is 33.2 Å². The lowest BCUT2D eigenvalue weighted by Gasteiger charge is -2.12. The topological polar surface area (TPSA) is 41.5 Å². The Morgan fingerprint density at radius 2 is 1.65 bits per heavy atom. The number of phenols is 1. The summed E-state index contributed by atoms with van der Waals surface area (Å²) in [7, 11) is 1.62. The van der Waals surface area contributed by atoms with E-state index in [1.807, 2.05) is 48.5 Å². The minimum atomic E-state index is -0.992. The Morgan fingerprint density at radius 1 is 1.00 bits per heavy atom. The van der Waals surface area contributed by atoms with Crippen LogP contribution in [0, 0.1) is 11.6 Å². The number of hydrogen-bond acceptors (Lipinski definition) is 4. The molecule has 0 bridgehead atoms. The number of methoxy groups -OCH3 is 1. The number of hydrogen-bond donors (Lipinski definition) is 2. The fraction of sp³-hybridized carbons (Fsp3) is 0.100. The molecule has 0 saturated carbocycles. The van der Waals surface area contributed by atoms with Crippen LogP contribution in [0.2, 0.25) is 0 Å². The van der Waals surface area contributed by atoms with E-state index in [1.54, 1.807) is 18.9 Å². The summed E-state index contributed by atoms with van der Waals surface area (Å²) in [6, 6.07) is 17.7. The first-order chi connectivity index (χ1) is 12.6. The van der Waals surface area contributed by atoms with Crippen LogP contribution >= 0.6 is 11.8 Å². The van der Waals surface area contributed by atoms with E-state index >= 15 is 0 Å². The van der Waals surface area contributed by atoms with Crippen LogP contribution in [0.5, 0.6) is 11.5 Å². The molecule has 2 N–H and O–H groups in total. The van der Waals surface area contributed by atoms with E-state index < -0.39 is 17.4 Å². The normalized spacial score (nSPS) is 10.6. The van der Waals surface area contributed by atoms with E-state index in [4.69, 9.17) is 4.74 Å². The molecule has 0 saturated heterocycles. The third-order valence-corrected chi connectivity index (χ3v) is 4.89. The molecule has 3 aromatic carbocycles. The van der Waals surface area contributed by atoms with Crippen LogP contribution in [0.3, 0.4) is 0 Å². The molecule has 0 aliphatic heterocycles. The summed E-state index contributed by atoms with van der Waals surface area (Å²) >= 11 is 1.59. The number of benzene rings is 3. The quantitative estimate of drug-likeness (QED) is 0.565. The van der Waals surface area contributed by atoms with Crippen LogP contribution in [0.4, 0.5) is 14.5 Å². The molecule has 0 heterocycles. The number of aromatic hydroxyl groups is 1. The second kappa shape index (κ2) is 8.10. The zero-order valence-electron chi connectivity index (χ0n) is 14.0. The van der Waals surface area contributed by atoms with Gasteiger partial charge in [0.2, 0.25) is 0 Å². The van der Waals surface area contributed by atoms with Crippen molar-refractivity contribution in [2.75, 3.05) is 12.4 Å². The molecule has 26 heavy (non-hydrogen) atoms. The van der Waals surface area contributed by atoms with Gasteiger partial charge in [-0.15, -0.1) is 0 Å². The van der Waals surface area contributed by atoms with Gasteiger partial charge in [-0.1, -0.05) is 30.0 Å². The summed E-state index contributed by atoms with van der Waals surface area (Å²) in [5.41, 5.74) is 1.25. The molecule has 0 aliphatic carbocycles. The van der Waals surface area contributed by atoms with Gasteiger partial charge >= 0.3 is 0 Å². The molecular formula is C20H17F2NO2S. The van der Waals surface area contributed by atoms with Crippen molar-refractivity contribution in [2.24, 2.45) is 0 Å². The predicted molar refractivity (Wildman–Crippen MR) is 98.9 cm³/mol. The Hall–Kier alpha value is -2.73. The molecule has 0 radical (unpaired) electrons. The number of nitrogens with one attached hydrogen (secondary N) is 1. The highest BCUT2D eigenvalue weighted by Crippen LogP contribution is 2.32. The Balaban J connectivity index is 1.74. The third-order valence-electron chi connectivity index (χ3n) is 3.76. The van der Waals surface area contributed by atoms with E-state index in [0.29, 0.717) is 6.54 Å². The molecule has 3 aromatic rings. The maximum atomic E-state index is 13.5. The maximum Gasteiger partial charge on any atom is 0.187 e. The molecule has 0 amide bonds. The second-order valence-corrected chi connectivity index (χ2v) is 6.64. The molecule has 3 rings (SSSR count). The van der Waals surface area contributed by atoms with Gasteiger partial charge in [0.25, 0.3) is 0 Å². The second-order valence-electron chi connectivity index (χ2n) is 5.53. The average molecular weight is 373 g/mol. The van der Waals surface area contributed by atoms with E-state index in [2.05, 4.69) is 5.32 Å². The van der Waals surface area contributed by atoms with Crippen LogP contribution in [-0.4, -0.2) is 12.2 Å². The van der Waals surface area contributed by atoms with Crippen LogP contribution in [0.25, 0.3) is 0 Å². The summed E-state index contributed by atoms with van der Waals surface area (Å²) < 4.78 is 32.1. The van der Waals surface area contributed by atoms with E-state index in [-0.39, 0.29) is 5.69 Å². The fourth-order valence-corrected chi connectivity index (χ4v) is 3.33. The summed E-state index contributed by atoms with van der Waals surface area (Å²) in [5, 5.41) is 12.2. The Bertz CT molecular complexity index is 878. The van der Waals surface area contributed by atoms with Crippen LogP contribution in [0.15, 0.2) is 70.5 Å². The minimum Gasteiger partial charge on any atom is -0.503 e. The SMILES string of the molecule is COc1ccc(Sc2ccccc2CNc2cc(F)c(O)c(F)c2)cc1. The van der Waals surface area contributed by atoms with Crippen molar-refractivity contribution in [2.45, 2.75) is 16.3 Å². The number of anilines is 1. The van der Waals surface area contributed by atoms with Crippen LogP contribution in [-0.2, 0) is 6.54 Å². The number of ether oxygens (including phenoxy) is 1. The molecule has 0 aliphatic rings. The summed E-state index contributed by atoms with van der Waals surface area (Å²) in [5.74, 6) is -2.16. The van der Waals surface area contributed by atoms with Gasteiger partial charge < -0.3 is 15.2 Å². The molecule has 0 spiro atoms. The van der Waals surface area contributed by atoms with Crippen LogP contribution in [0.1, 0.15) is 5.56 Å². The summed E-state index contributed by atoms with van der Waals surface area (Å²) in [6.07, 6.45) is 0. The molecule has 0 aromatic heterocycles. The predicted octanol–water partition coefficient (Wildman–Crippen LogP) is 5.44. The minimum absolute atomic E-state index is 0.266. The standard InChI is InChI=1S/C20H17F2NO2S/c1-25-15-6-8-16(9-7-15)26-19-5-3-2-4-13(19)12-23-14-10-17(21)20(24)18(22)11-14/h2-11,23-24H,12H2,1H3. The zero-order chi connectivity index (χ0) is 18.5. The van der Waals surface area contributed by atoms with Gasteiger partial charge in [-0.05, 0) is 35.9 Å². The first-order valence-electron chi connectivity index (χ1n) is 7.88. The van der Waals surface area contributed by atoms with Gasteiger partial charge in [-0.2, -0.15) is 0 Å².